The average molecular weight is 242 g/mol. The Morgan fingerprint density at radius 2 is 2.00 bits per heavy atom. The van der Waals surface area contributed by atoms with Gasteiger partial charge in [0.1, 0.15) is 0 Å². The Bertz CT molecular complexity index is 219. The lowest BCUT2D eigenvalue weighted by atomic mass is 10.0. The Balaban J connectivity index is 1.64. The summed E-state index contributed by atoms with van der Waals surface area (Å²) in [6.45, 7) is 4.71. The Hall–Kier alpha value is -0.160. The van der Waals surface area contributed by atoms with E-state index in [1.165, 1.54) is 12.8 Å². The van der Waals surface area contributed by atoms with Crippen LogP contribution >= 0.6 is 0 Å². The quantitative estimate of drug-likeness (QED) is 0.776. The van der Waals surface area contributed by atoms with Gasteiger partial charge < -0.3 is 20.1 Å². The highest BCUT2D eigenvalue weighted by Gasteiger charge is 2.25. The first-order chi connectivity index (χ1) is 8.28. The molecule has 2 aliphatic rings. The Kier molecular flexibility index (Phi) is 5.22. The fourth-order valence-electron chi connectivity index (χ4n) is 2.90. The summed E-state index contributed by atoms with van der Waals surface area (Å²) in [5, 5.41) is 0. The van der Waals surface area contributed by atoms with E-state index in [4.69, 9.17) is 15.2 Å². The first-order valence-corrected chi connectivity index (χ1v) is 6.89. The highest BCUT2D eigenvalue weighted by atomic mass is 16.5. The van der Waals surface area contributed by atoms with Crippen LogP contribution in [0, 0.1) is 5.92 Å². The second kappa shape index (κ2) is 6.69. The molecule has 2 N–H and O–H groups in total. The van der Waals surface area contributed by atoms with Crippen LogP contribution in [-0.4, -0.2) is 57.0 Å². The van der Waals surface area contributed by atoms with Crippen molar-refractivity contribution < 1.29 is 9.47 Å². The van der Waals surface area contributed by atoms with Crippen molar-refractivity contribution in [1.29, 1.82) is 0 Å². The summed E-state index contributed by atoms with van der Waals surface area (Å²) in [6, 6.07) is 0. The van der Waals surface area contributed by atoms with Crippen molar-refractivity contribution in [2.75, 3.05) is 39.9 Å². The maximum absolute atomic E-state index is 5.87. The summed E-state index contributed by atoms with van der Waals surface area (Å²) in [4.78, 5) is 2.39. The van der Waals surface area contributed by atoms with Crippen molar-refractivity contribution in [3.8, 4) is 0 Å². The fourth-order valence-corrected chi connectivity index (χ4v) is 2.90. The zero-order chi connectivity index (χ0) is 12.1. The van der Waals surface area contributed by atoms with Gasteiger partial charge in [0.15, 0.2) is 0 Å². The van der Waals surface area contributed by atoms with Crippen molar-refractivity contribution in [3.05, 3.63) is 0 Å². The summed E-state index contributed by atoms with van der Waals surface area (Å²) in [5.74, 6) is 0.709. The minimum Gasteiger partial charge on any atom is -0.381 e. The van der Waals surface area contributed by atoms with E-state index in [2.05, 4.69) is 11.9 Å². The molecule has 0 aromatic carbocycles. The first kappa shape index (κ1) is 13.3. The third-order valence-corrected chi connectivity index (χ3v) is 3.80. The maximum Gasteiger partial charge on any atom is 0.0707 e. The molecule has 100 valence electrons. The predicted molar refractivity (Wildman–Crippen MR) is 68.0 cm³/mol. The molecular formula is C13H26N2O2. The summed E-state index contributed by atoms with van der Waals surface area (Å²) < 4.78 is 11.4. The molecule has 0 aromatic rings. The molecule has 0 saturated carbocycles. The van der Waals surface area contributed by atoms with Gasteiger partial charge in [-0.2, -0.15) is 0 Å². The number of hydrogen-bond acceptors (Lipinski definition) is 4. The molecule has 2 aliphatic heterocycles. The van der Waals surface area contributed by atoms with Crippen molar-refractivity contribution in [2.45, 2.75) is 37.9 Å². The topological polar surface area (TPSA) is 47.7 Å². The SMILES string of the molecule is CN(CC1CCCOC1)CC1CCC(CN)O1. The van der Waals surface area contributed by atoms with Crippen molar-refractivity contribution in [3.63, 3.8) is 0 Å². The van der Waals surface area contributed by atoms with Crippen molar-refractivity contribution >= 4 is 0 Å². The van der Waals surface area contributed by atoms with E-state index in [0.717, 1.165) is 39.1 Å². The van der Waals surface area contributed by atoms with Crippen LogP contribution in [0.15, 0.2) is 0 Å². The number of nitrogens with zero attached hydrogens (tertiary/aromatic N) is 1. The molecule has 3 atom stereocenters. The number of ether oxygens (including phenoxy) is 2. The third-order valence-electron chi connectivity index (χ3n) is 3.80. The molecule has 0 bridgehead atoms. The molecule has 17 heavy (non-hydrogen) atoms. The normalized spacial score (nSPS) is 34.4. The molecule has 2 heterocycles. The van der Waals surface area contributed by atoms with Crippen LogP contribution in [-0.2, 0) is 9.47 Å². The van der Waals surface area contributed by atoms with Gasteiger partial charge >= 0.3 is 0 Å². The van der Waals surface area contributed by atoms with E-state index in [0.29, 0.717) is 24.7 Å². The zero-order valence-electron chi connectivity index (χ0n) is 10.9. The lowest BCUT2D eigenvalue weighted by molar-refractivity contribution is 0.0135. The maximum atomic E-state index is 5.87. The van der Waals surface area contributed by atoms with E-state index in [1.807, 2.05) is 0 Å². The Morgan fingerprint density at radius 3 is 2.65 bits per heavy atom. The van der Waals surface area contributed by atoms with Crippen LogP contribution < -0.4 is 5.73 Å². The molecule has 2 rings (SSSR count). The number of hydrogen-bond donors (Lipinski definition) is 1. The van der Waals surface area contributed by atoms with Gasteiger partial charge in [-0.05, 0) is 38.6 Å². The molecule has 2 fully saturated rings. The van der Waals surface area contributed by atoms with E-state index in [1.54, 1.807) is 0 Å². The lowest BCUT2D eigenvalue weighted by Gasteiger charge is -2.28. The average Bonchev–Trinajstić information content (AvgIpc) is 2.78. The van der Waals surface area contributed by atoms with Gasteiger partial charge in [-0.1, -0.05) is 0 Å². The van der Waals surface area contributed by atoms with Gasteiger partial charge in [-0.3, -0.25) is 0 Å². The second-order valence-corrected chi connectivity index (χ2v) is 5.50. The van der Waals surface area contributed by atoms with Gasteiger partial charge in [0.05, 0.1) is 18.8 Å². The van der Waals surface area contributed by atoms with Crippen LogP contribution in [0.2, 0.25) is 0 Å². The summed E-state index contributed by atoms with van der Waals surface area (Å²) in [7, 11) is 2.19. The number of likely N-dealkylation sites (N-methyl/N-ethyl adjacent to an activating group) is 1. The fraction of sp³-hybridized carbons (Fsp3) is 1.00. The van der Waals surface area contributed by atoms with Crippen LogP contribution in [0.4, 0.5) is 0 Å². The highest BCUT2D eigenvalue weighted by molar-refractivity contribution is 4.77. The van der Waals surface area contributed by atoms with Gasteiger partial charge in [0.2, 0.25) is 0 Å². The van der Waals surface area contributed by atoms with Crippen LogP contribution in [0.1, 0.15) is 25.7 Å². The zero-order valence-corrected chi connectivity index (χ0v) is 10.9. The van der Waals surface area contributed by atoms with Crippen LogP contribution in [0.3, 0.4) is 0 Å². The molecule has 4 nitrogen and oxygen atoms in total. The Morgan fingerprint density at radius 1 is 1.18 bits per heavy atom. The number of rotatable bonds is 5. The van der Waals surface area contributed by atoms with E-state index in [9.17, 15) is 0 Å². The van der Waals surface area contributed by atoms with Crippen LogP contribution in [0.5, 0.6) is 0 Å². The van der Waals surface area contributed by atoms with Crippen molar-refractivity contribution in [2.24, 2.45) is 11.7 Å². The van der Waals surface area contributed by atoms with Gasteiger partial charge in [-0.15, -0.1) is 0 Å². The largest absolute Gasteiger partial charge is 0.381 e. The molecule has 0 spiro atoms. The predicted octanol–water partition coefficient (Wildman–Crippen LogP) is 0.851. The monoisotopic (exact) mass is 242 g/mol. The number of nitrogens with two attached hydrogens (primary N) is 1. The molecule has 3 unspecified atom stereocenters. The third kappa shape index (κ3) is 4.21. The molecule has 0 radical (unpaired) electrons. The molecule has 4 heteroatoms. The van der Waals surface area contributed by atoms with E-state index >= 15 is 0 Å². The smallest absolute Gasteiger partial charge is 0.0707 e. The van der Waals surface area contributed by atoms with Gasteiger partial charge in [-0.25, -0.2) is 0 Å². The molecule has 0 amide bonds. The lowest BCUT2D eigenvalue weighted by Crippen LogP contribution is -2.36. The van der Waals surface area contributed by atoms with E-state index < -0.39 is 0 Å². The minimum absolute atomic E-state index is 0.298. The first-order valence-electron chi connectivity index (χ1n) is 6.89. The summed E-state index contributed by atoms with van der Waals surface area (Å²) in [6.07, 6.45) is 5.49. The van der Waals surface area contributed by atoms with Crippen molar-refractivity contribution in [1.82, 2.24) is 4.90 Å². The summed E-state index contributed by atoms with van der Waals surface area (Å²) >= 11 is 0. The van der Waals surface area contributed by atoms with Gasteiger partial charge in [0, 0.05) is 26.2 Å². The summed E-state index contributed by atoms with van der Waals surface area (Å²) in [5.41, 5.74) is 5.62. The highest BCUT2D eigenvalue weighted by Crippen LogP contribution is 2.20. The molecule has 2 saturated heterocycles. The standard InChI is InChI=1S/C13H26N2O2/c1-15(8-11-3-2-6-16-10-11)9-13-5-4-12(7-14)17-13/h11-13H,2-10,14H2,1H3. The minimum atomic E-state index is 0.298. The van der Waals surface area contributed by atoms with E-state index in [-0.39, 0.29) is 0 Å². The van der Waals surface area contributed by atoms with Crippen LogP contribution in [0.25, 0.3) is 0 Å². The molecule has 0 aliphatic carbocycles. The van der Waals surface area contributed by atoms with Gasteiger partial charge in [0.25, 0.3) is 0 Å². The molecule has 0 aromatic heterocycles. The molecular weight excluding hydrogens is 216 g/mol. The Labute approximate surface area is 104 Å². The second-order valence-electron chi connectivity index (χ2n) is 5.50.